The SMILES string of the molecule is CN1CCCC(CNC(=O)c2cc(Cl)ncc2[N+](=O)[O-])C1. The van der Waals surface area contributed by atoms with Gasteiger partial charge in [0.15, 0.2) is 0 Å². The highest BCUT2D eigenvalue weighted by atomic mass is 35.5. The number of hydrogen-bond acceptors (Lipinski definition) is 5. The molecule has 1 amide bonds. The third-order valence-corrected chi connectivity index (χ3v) is 3.77. The molecular weight excluding hydrogens is 296 g/mol. The molecule has 1 aliphatic rings. The van der Waals surface area contributed by atoms with E-state index in [4.69, 9.17) is 11.6 Å². The molecular formula is C13H17ClN4O3. The first-order valence-electron chi connectivity index (χ1n) is 6.74. The Morgan fingerprint density at radius 1 is 1.67 bits per heavy atom. The monoisotopic (exact) mass is 312 g/mol. The second kappa shape index (κ2) is 6.82. The van der Waals surface area contributed by atoms with E-state index in [1.807, 2.05) is 7.05 Å². The predicted molar refractivity (Wildman–Crippen MR) is 78.5 cm³/mol. The van der Waals surface area contributed by atoms with E-state index in [0.717, 1.165) is 32.1 Å². The van der Waals surface area contributed by atoms with Crippen molar-refractivity contribution in [1.82, 2.24) is 15.2 Å². The number of carbonyl (C=O) groups excluding carboxylic acids is 1. The average Bonchev–Trinajstić information content (AvgIpc) is 2.44. The third-order valence-electron chi connectivity index (χ3n) is 3.56. The molecule has 1 unspecified atom stereocenters. The van der Waals surface area contributed by atoms with Crippen LogP contribution in [0, 0.1) is 16.0 Å². The van der Waals surface area contributed by atoms with Crippen LogP contribution >= 0.6 is 11.6 Å². The van der Waals surface area contributed by atoms with Gasteiger partial charge in [-0.2, -0.15) is 0 Å². The molecule has 1 saturated heterocycles. The number of nitro groups is 1. The van der Waals surface area contributed by atoms with Crippen LogP contribution in [0.3, 0.4) is 0 Å². The number of pyridine rings is 1. The number of amides is 1. The van der Waals surface area contributed by atoms with Crippen LogP contribution in [0.2, 0.25) is 5.15 Å². The van der Waals surface area contributed by atoms with E-state index in [9.17, 15) is 14.9 Å². The number of nitrogens with zero attached hydrogens (tertiary/aromatic N) is 3. The van der Waals surface area contributed by atoms with E-state index in [2.05, 4.69) is 15.2 Å². The van der Waals surface area contributed by atoms with Crippen LogP contribution < -0.4 is 5.32 Å². The number of likely N-dealkylation sites (tertiary alicyclic amines) is 1. The number of rotatable bonds is 4. The Labute approximate surface area is 127 Å². The van der Waals surface area contributed by atoms with Gasteiger partial charge in [0.1, 0.15) is 16.9 Å². The summed E-state index contributed by atoms with van der Waals surface area (Å²) in [5.74, 6) is -0.122. The number of nitrogens with one attached hydrogen (secondary N) is 1. The molecule has 0 bridgehead atoms. The number of hydrogen-bond donors (Lipinski definition) is 1. The van der Waals surface area contributed by atoms with Crippen molar-refractivity contribution < 1.29 is 9.72 Å². The summed E-state index contributed by atoms with van der Waals surface area (Å²) in [6.07, 6.45) is 3.15. The molecule has 0 saturated carbocycles. The molecule has 0 aromatic carbocycles. The number of halogens is 1. The topological polar surface area (TPSA) is 88.4 Å². The van der Waals surface area contributed by atoms with Crippen molar-refractivity contribution in [1.29, 1.82) is 0 Å². The highest BCUT2D eigenvalue weighted by Gasteiger charge is 2.23. The summed E-state index contributed by atoms with van der Waals surface area (Å²) in [4.78, 5) is 28.3. The van der Waals surface area contributed by atoms with Gasteiger partial charge in [-0.05, 0) is 38.4 Å². The van der Waals surface area contributed by atoms with Gasteiger partial charge in [0.05, 0.1) is 4.92 Å². The van der Waals surface area contributed by atoms with Crippen LogP contribution in [0.1, 0.15) is 23.2 Å². The molecule has 114 valence electrons. The predicted octanol–water partition coefficient (Wildman–Crippen LogP) is 1.71. The second-order valence-corrected chi connectivity index (χ2v) is 5.65. The van der Waals surface area contributed by atoms with Gasteiger partial charge in [0.25, 0.3) is 11.6 Å². The minimum Gasteiger partial charge on any atom is -0.351 e. The number of piperidine rings is 1. The van der Waals surface area contributed by atoms with Gasteiger partial charge in [-0.3, -0.25) is 14.9 Å². The van der Waals surface area contributed by atoms with Gasteiger partial charge in [0, 0.05) is 13.1 Å². The Balaban J connectivity index is 2.03. The lowest BCUT2D eigenvalue weighted by molar-refractivity contribution is -0.385. The minimum atomic E-state index is -0.632. The Kier molecular flexibility index (Phi) is 5.08. The lowest BCUT2D eigenvalue weighted by Gasteiger charge is -2.29. The fourth-order valence-electron chi connectivity index (χ4n) is 2.52. The first-order chi connectivity index (χ1) is 9.97. The summed E-state index contributed by atoms with van der Waals surface area (Å²) >= 11 is 5.71. The first kappa shape index (κ1) is 15.7. The zero-order valence-electron chi connectivity index (χ0n) is 11.7. The zero-order chi connectivity index (χ0) is 15.4. The lowest BCUT2D eigenvalue weighted by atomic mass is 9.98. The molecule has 1 aromatic heterocycles. The van der Waals surface area contributed by atoms with Gasteiger partial charge in [0.2, 0.25) is 0 Å². The molecule has 8 heteroatoms. The van der Waals surface area contributed by atoms with E-state index < -0.39 is 10.8 Å². The van der Waals surface area contributed by atoms with Crippen molar-refractivity contribution in [3.8, 4) is 0 Å². The van der Waals surface area contributed by atoms with Gasteiger partial charge in [-0.25, -0.2) is 4.98 Å². The maximum absolute atomic E-state index is 12.1. The summed E-state index contributed by atoms with van der Waals surface area (Å²) in [5, 5.41) is 13.7. The summed E-state index contributed by atoms with van der Waals surface area (Å²) in [6.45, 7) is 2.48. The summed E-state index contributed by atoms with van der Waals surface area (Å²) < 4.78 is 0. The van der Waals surface area contributed by atoms with Crippen LogP contribution in [0.15, 0.2) is 12.3 Å². The maximum Gasteiger partial charge on any atom is 0.300 e. The van der Waals surface area contributed by atoms with Crippen LogP contribution in [-0.4, -0.2) is 47.4 Å². The smallest absolute Gasteiger partial charge is 0.300 e. The summed E-state index contributed by atoms with van der Waals surface area (Å²) in [6, 6.07) is 1.22. The highest BCUT2D eigenvalue weighted by Crippen LogP contribution is 2.20. The van der Waals surface area contributed by atoms with Gasteiger partial charge < -0.3 is 10.2 Å². The maximum atomic E-state index is 12.1. The number of aromatic nitrogens is 1. The van der Waals surface area contributed by atoms with Crippen LogP contribution in [0.25, 0.3) is 0 Å². The van der Waals surface area contributed by atoms with Crippen molar-refractivity contribution in [2.24, 2.45) is 5.92 Å². The van der Waals surface area contributed by atoms with Gasteiger partial charge in [-0.15, -0.1) is 0 Å². The fraction of sp³-hybridized carbons (Fsp3) is 0.538. The van der Waals surface area contributed by atoms with Crippen molar-refractivity contribution in [3.63, 3.8) is 0 Å². The third kappa shape index (κ3) is 4.12. The molecule has 0 radical (unpaired) electrons. The quantitative estimate of drug-likeness (QED) is 0.519. The Hall–Kier alpha value is -1.73. The Morgan fingerprint density at radius 2 is 2.43 bits per heavy atom. The fourth-order valence-corrected chi connectivity index (χ4v) is 2.68. The molecule has 21 heavy (non-hydrogen) atoms. The van der Waals surface area contributed by atoms with Crippen molar-refractivity contribution >= 4 is 23.2 Å². The van der Waals surface area contributed by atoms with Crippen LogP contribution in [-0.2, 0) is 0 Å². The molecule has 1 N–H and O–H groups in total. The minimum absolute atomic E-state index is 0.0517. The van der Waals surface area contributed by atoms with Gasteiger partial charge >= 0.3 is 0 Å². The largest absolute Gasteiger partial charge is 0.351 e. The lowest BCUT2D eigenvalue weighted by Crippen LogP contribution is -2.39. The van der Waals surface area contributed by atoms with E-state index in [1.54, 1.807) is 0 Å². The van der Waals surface area contributed by atoms with E-state index in [-0.39, 0.29) is 16.4 Å². The molecule has 1 aromatic rings. The second-order valence-electron chi connectivity index (χ2n) is 5.26. The highest BCUT2D eigenvalue weighted by molar-refractivity contribution is 6.29. The Bertz CT molecular complexity index is 552. The van der Waals surface area contributed by atoms with Crippen LogP contribution in [0.4, 0.5) is 5.69 Å². The molecule has 1 atom stereocenters. The molecule has 1 fully saturated rings. The van der Waals surface area contributed by atoms with Gasteiger partial charge in [-0.1, -0.05) is 11.6 Å². The first-order valence-corrected chi connectivity index (χ1v) is 7.12. The van der Waals surface area contributed by atoms with E-state index in [1.165, 1.54) is 6.07 Å². The number of carbonyl (C=O) groups is 1. The van der Waals surface area contributed by atoms with E-state index in [0.29, 0.717) is 12.5 Å². The standard InChI is InChI=1S/C13H17ClN4O3/c1-17-4-2-3-9(8-17)6-16-13(19)10-5-12(14)15-7-11(10)18(20)21/h5,7,9H,2-4,6,8H2,1H3,(H,16,19). The van der Waals surface area contributed by atoms with Crippen molar-refractivity contribution in [2.45, 2.75) is 12.8 Å². The van der Waals surface area contributed by atoms with E-state index >= 15 is 0 Å². The molecule has 0 spiro atoms. The molecule has 2 heterocycles. The molecule has 0 aliphatic carbocycles. The Morgan fingerprint density at radius 3 is 3.10 bits per heavy atom. The van der Waals surface area contributed by atoms with Crippen LogP contribution in [0.5, 0.6) is 0 Å². The summed E-state index contributed by atoms with van der Waals surface area (Å²) in [7, 11) is 2.04. The van der Waals surface area contributed by atoms with Crippen molar-refractivity contribution in [3.05, 3.63) is 33.1 Å². The zero-order valence-corrected chi connectivity index (χ0v) is 12.5. The molecule has 2 rings (SSSR count). The molecule has 1 aliphatic heterocycles. The van der Waals surface area contributed by atoms with Crippen molar-refractivity contribution in [2.75, 3.05) is 26.7 Å². The summed E-state index contributed by atoms with van der Waals surface area (Å²) in [5.41, 5.74) is -0.387. The normalized spacial score (nSPS) is 19.2. The molecule has 7 nitrogen and oxygen atoms in total. The average molecular weight is 313 g/mol.